The molecule has 1 aliphatic rings. The van der Waals surface area contributed by atoms with Gasteiger partial charge < -0.3 is 4.57 Å². The Bertz CT molecular complexity index is 545. The Morgan fingerprint density at radius 2 is 2.29 bits per heavy atom. The number of hydrogen-bond donors (Lipinski definition) is 0. The van der Waals surface area contributed by atoms with E-state index in [-0.39, 0.29) is 0 Å². The third-order valence-corrected chi connectivity index (χ3v) is 3.90. The molecule has 0 bridgehead atoms. The summed E-state index contributed by atoms with van der Waals surface area (Å²) in [6.45, 7) is 3.38. The number of halogens is 1. The molecule has 0 fully saturated rings. The second-order valence-corrected chi connectivity index (χ2v) is 5.65. The number of benzene rings is 1. The van der Waals surface area contributed by atoms with Crippen LogP contribution in [0.15, 0.2) is 34.9 Å². The molecule has 0 amide bonds. The van der Waals surface area contributed by atoms with Gasteiger partial charge in [-0.3, -0.25) is 0 Å². The van der Waals surface area contributed by atoms with Crippen LogP contribution in [0.3, 0.4) is 0 Å². The molecule has 1 aliphatic heterocycles. The second kappa shape index (κ2) is 4.30. The molecule has 2 heterocycles. The van der Waals surface area contributed by atoms with Gasteiger partial charge in [-0.1, -0.05) is 35.0 Å². The van der Waals surface area contributed by atoms with Crippen molar-refractivity contribution in [1.82, 2.24) is 9.55 Å². The van der Waals surface area contributed by atoms with Gasteiger partial charge in [0.2, 0.25) is 0 Å². The fraction of sp³-hybridized carbons (Fsp3) is 0.357. The molecule has 0 radical (unpaired) electrons. The van der Waals surface area contributed by atoms with Gasteiger partial charge in [-0.2, -0.15) is 0 Å². The van der Waals surface area contributed by atoms with Gasteiger partial charge in [0.05, 0.1) is 5.69 Å². The predicted octanol–water partition coefficient (Wildman–Crippen LogP) is 4.21. The summed E-state index contributed by atoms with van der Waals surface area (Å²) in [5.41, 5.74) is 2.28. The second-order valence-electron chi connectivity index (χ2n) is 4.73. The Morgan fingerprint density at radius 1 is 1.41 bits per heavy atom. The van der Waals surface area contributed by atoms with Crippen LogP contribution in [0.1, 0.15) is 31.5 Å². The molecule has 0 aliphatic carbocycles. The number of nitrogens with zero attached hydrogens (tertiary/aromatic N) is 2. The van der Waals surface area contributed by atoms with E-state index in [9.17, 15) is 0 Å². The zero-order chi connectivity index (χ0) is 11.8. The van der Waals surface area contributed by atoms with E-state index in [0.717, 1.165) is 16.7 Å². The van der Waals surface area contributed by atoms with Gasteiger partial charge in [-0.15, -0.1) is 0 Å². The van der Waals surface area contributed by atoms with Gasteiger partial charge in [-0.25, -0.2) is 4.98 Å². The van der Waals surface area contributed by atoms with E-state index in [0.29, 0.717) is 5.92 Å². The van der Waals surface area contributed by atoms with Gasteiger partial charge >= 0.3 is 0 Å². The van der Waals surface area contributed by atoms with Crippen molar-refractivity contribution in [2.75, 3.05) is 0 Å². The molecule has 1 unspecified atom stereocenters. The molecule has 1 atom stereocenters. The summed E-state index contributed by atoms with van der Waals surface area (Å²) in [4.78, 5) is 4.79. The summed E-state index contributed by atoms with van der Waals surface area (Å²) < 4.78 is 3.42. The normalized spacial score (nSPS) is 19.1. The van der Waals surface area contributed by atoms with Crippen LogP contribution in [-0.4, -0.2) is 9.55 Å². The average Bonchev–Trinajstić information content (AvgIpc) is 2.74. The van der Waals surface area contributed by atoms with Crippen molar-refractivity contribution >= 4 is 15.9 Å². The molecule has 2 nitrogen and oxygen atoms in total. The maximum atomic E-state index is 4.79. The van der Waals surface area contributed by atoms with Gasteiger partial charge in [0.25, 0.3) is 0 Å². The lowest BCUT2D eigenvalue weighted by molar-refractivity contribution is 0.463. The summed E-state index contributed by atoms with van der Waals surface area (Å²) >= 11 is 3.51. The van der Waals surface area contributed by atoms with E-state index < -0.39 is 0 Å². The van der Waals surface area contributed by atoms with Crippen molar-refractivity contribution < 1.29 is 0 Å². The molecule has 0 saturated carbocycles. The first kappa shape index (κ1) is 11.0. The third-order valence-electron chi connectivity index (χ3n) is 3.40. The first-order valence-electron chi connectivity index (χ1n) is 6.07. The first-order valence-corrected chi connectivity index (χ1v) is 6.86. The minimum atomic E-state index is 0.588. The standard InChI is InChI=1S/C14H15BrN2/c1-10-4-3-7-17-9-13(16-14(10)17)11-5-2-6-12(15)8-11/h2,5-6,8-10H,3-4,7H2,1H3. The van der Waals surface area contributed by atoms with Gasteiger partial charge in [0, 0.05) is 28.7 Å². The van der Waals surface area contributed by atoms with Crippen molar-refractivity contribution in [3.8, 4) is 11.3 Å². The van der Waals surface area contributed by atoms with Gasteiger partial charge in [-0.05, 0) is 25.0 Å². The molecule has 1 aromatic heterocycles. The maximum Gasteiger partial charge on any atom is 0.112 e. The number of imidazole rings is 1. The zero-order valence-corrected chi connectivity index (χ0v) is 11.4. The van der Waals surface area contributed by atoms with Gasteiger partial charge in [0.1, 0.15) is 5.82 Å². The quantitative estimate of drug-likeness (QED) is 0.769. The van der Waals surface area contributed by atoms with Gasteiger partial charge in [0.15, 0.2) is 0 Å². The minimum Gasteiger partial charge on any atom is -0.334 e. The number of fused-ring (bicyclic) bond motifs is 1. The molecule has 1 aromatic carbocycles. The van der Waals surface area contributed by atoms with Crippen LogP contribution < -0.4 is 0 Å². The summed E-state index contributed by atoms with van der Waals surface area (Å²) in [5.74, 6) is 1.83. The highest BCUT2D eigenvalue weighted by molar-refractivity contribution is 9.10. The lowest BCUT2D eigenvalue weighted by atomic mass is 10.0. The van der Waals surface area contributed by atoms with Crippen LogP contribution in [0.25, 0.3) is 11.3 Å². The number of aromatic nitrogens is 2. The lowest BCUT2D eigenvalue weighted by Gasteiger charge is -2.19. The molecule has 3 rings (SSSR count). The predicted molar refractivity (Wildman–Crippen MR) is 73.0 cm³/mol. The number of rotatable bonds is 1. The van der Waals surface area contributed by atoms with Crippen LogP contribution in [0, 0.1) is 0 Å². The highest BCUT2D eigenvalue weighted by Crippen LogP contribution is 2.30. The smallest absolute Gasteiger partial charge is 0.112 e. The largest absolute Gasteiger partial charge is 0.334 e. The molecule has 17 heavy (non-hydrogen) atoms. The fourth-order valence-corrected chi connectivity index (χ4v) is 2.89. The van der Waals surface area contributed by atoms with Crippen molar-refractivity contribution in [3.05, 3.63) is 40.8 Å². The summed E-state index contributed by atoms with van der Waals surface area (Å²) in [6, 6.07) is 8.34. The van der Waals surface area contributed by atoms with E-state index in [2.05, 4.69) is 51.8 Å². The SMILES string of the molecule is CC1CCCn2cc(-c3cccc(Br)c3)nc21. The van der Waals surface area contributed by atoms with Crippen LogP contribution in [0.2, 0.25) is 0 Å². The Balaban J connectivity index is 2.05. The van der Waals surface area contributed by atoms with Crippen molar-refractivity contribution in [2.45, 2.75) is 32.2 Å². The fourth-order valence-electron chi connectivity index (χ4n) is 2.49. The number of aryl methyl sites for hydroxylation is 1. The summed E-state index contributed by atoms with van der Waals surface area (Å²) in [5, 5.41) is 0. The molecule has 0 N–H and O–H groups in total. The number of hydrogen-bond acceptors (Lipinski definition) is 1. The molecule has 2 aromatic rings. The van der Waals surface area contributed by atoms with Crippen molar-refractivity contribution in [2.24, 2.45) is 0 Å². The van der Waals surface area contributed by atoms with E-state index in [4.69, 9.17) is 4.98 Å². The van der Waals surface area contributed by atoms with E-state index in [1.807, 2.05) is 6.07 Å². The Hall–Kier alpha value is -1.09. The molecule has 0 saturated heterocycles. The zero-order valence-electron chi connectivity index (χ0n) is 9.86. The molecular weight excluding hydrogens is 276 g/mol. The maximum absolute atomic E-state index is 4.79. The monoisotopic (exact) mass is 290 g/mol. The third kappa shape index (κ3) is 2.04. The molecule has 88 valence electrons. The molecular formula is C14H15BrN2. The van der Waals surface area contributed by atoms with Crippen LogP contribution in [0.5, 0.6) is 0 Å². The molecule has 0 spiro atoms. The van der Waals surface area contributed by atoms with Crippen molar-refractivity contribution in [3.63, 3.8) is 0 Å². The lowest BCUT2D eigenvalue weighted by Crippen LogP contribution is -2.12. The minimum absolute atomic E-state index is 0.588. The topological polar surface area (TPSA) is 17.8 Å². The van der Waals surface area contributed by atoms with Crippen LogP contribution in [0.4, 0.5) is 0 Å². The highest BCUT2D eigenvalue weighted by atomic mass is 79.9. The van der Waals surface area contributed by atoms with Crippen LogP contribution in [-0.2, 0) is 6.54 Å². The molecule has 3 heteroatoms. The summed E-state index contributed by atoms with van der Waals surface area (Å²) in [7, 11) is 0. The Labute approximate surface area is 110 Å². The average molecular weight is 291 g/mol. The van der Waals surface area contributed by atoms with E-state index in [1.165, 1.54) is 24.2 Å². The van der Waals surface area contributed by atoms with E-state index in [1.54, 1.807) is 0 Å². The van der Waals surface area contributed by atoms with E-state index >= 15 is 0 Å². The first-order chi connectivity index (χ1) is 8.24. The Morgan fingerprint density at radius 3 is 3.06 bits per heavy atom. The highest BCUT2D eigenvalue weighted by Gasteiger charge is 2.19. The Kier molecular flexibility index (Phi) is 2.79. The van der Waals surface area contributed by atoms with Crippen LogP contribution >= 0.6 is 15.9 Å². The van der Waals surface area contributed by atoms with Crippen molar-refractivity contribution in [1.29, 1.82) is 0 Å². The summed E-state index contributed by atoms with van der Waals surface area (Å²) in [6.07, 6.45) is 4.71.